The van der Waals surface area contributed by atoms with E-state index in [0.717, 1.165) is 11.3 Å². The molecule has 0 aliphatic carbocycles. The number of halogens is 1. The second kappa shape index (κ2) is 7.24. The summed E-state index contributed by atoms with van der Waals surface area (Å²) in [5.74, 6) is 0.215. The standard InChI is InChI=1S/C17H16FNO2/c1-2-21-16-10-8-15(9-11-16)19-17(20)12-5-13-3-6-14(18)7-4-13/h3-12H,2H2,1H3,(H,19,20). The molecule has 2 aromatic carbocycles. The molecule has 0 radical (unpaired) electrons. The van der Waals surface area contributed by atoms with Crippen LogP contribution in [0, 0.1) is 5.82 Å². The topological polar surface area (TPSA) is 38.3 Å². The molecule has 0 heterocycles. The van der Waals surface area contributed by atoms with Crippen molar-refractivity contribution in [3.05, 3.63) is 66.0 Å². The molecule has 0 unspecified atom stereocenters. The first-order chi connectivity index (χ1) is 10.2. The molecule has 2 aromatic rings. The SMILES string of the molecule is CCOc1ccc(NC(=O)C=Cc2ccc(F)cc2)cc1. The van der Waals surface area contributed by atoms with E-state index >= 15 is 0 Å². The summed E-state index contributed by atoms with van der Waals surface area (Å²) in [5, 5.41) is 2.74. The molecule has 0 aromatic heterocycles. The highest BCUT2D eigenvalue weighted by molar-refractivity contribution is 6.01. The second-order valence-corrected chi connectivity index (χ2v) is 4.33. The highest BCUT2D eigenvalue weighted by atomic mass is 19.1. The lowest BCUT2D eigenvalue weighted by Gasteiger charge is -2.05. The zero-order valence-corrected chi connectivity index (χ0v) is 11.7. The fourth-order valence-electron chi connectivity index (χ4n) is 1.73. The number of nitrogens with one attached hydrogen (secondary N) is 1. The van der Waals surface area contributed by atoms with Crippen molar-refractivity contribution < 1.29 is 13.9 Å². The molecule has 0 aliphatic heterocycles. The third kappa shape index (κ3) is 4.76. The zero-order chi connectivity index (χ0) is 15.1. The minimum Gasteiger partial charge on any atom is -0.494 e. The van der Waals surface area contributed by atoms with E-state index < -0.39 is 0 Å². The summed E-state index contributed by atoms with van der Waals surface area (Å²) < 4.78 is 18.1. The van der Waals surface area contributed by atoms with Gasteiger partial charge in [-0.3, -0.25) is 4.79 Å². The first-order valence-electron chi connectivity index (χ1n) is 6.65. The molecule has 4 heteroatoms. The molecule has 1 amide bonds. The lowest BCUT2D eigenvalue weighted by molar-refractivity contribution is -0.111. The first kappa shape index (κ1) is 14.8. The Morgan fingerprint density at radius 2 is 1.81 bits per heavy atom. The molecule has 1 N–H and O–H groups in total. The summed E-state index contributed by atoms with van der Waals surface area (Å²) in [4.78, 5) is 11.8. The van der Waals surface area contributed by atoms with Crippen LogP contribution >= 0.6 is 0 Å². The monoisotopic (exact) mass is 285 g/mol. The number of hydrogen-bond donors (Lipinski definition) is 1. The van der Waals surface area contributed by atoms with Gasteiger partial charge in [0.25, 0.3) is 0 Å². The van der Waals surface area contributed by atoms with E-state index in [0.29, 0.717) is 12.3 Å². The number of anilines is 1. The van der Waals surface area contributed by atoms with Gasteiger partial charge in [-0.1, -0.05) is 12.1 Å². The van der Waals surface area contributed by atoms with Gasteiger partial charge in [-0.05, 0) is 55.0 Å². The fourth-order valence-corrected chi connectivity index (χ4v) is 1.73. The first-order valence-corrected chi connectivity index (χ1v) is 6.65. The van der Waals surface area contributed by atoms with Gasteiger partial charge in [-0.25, -0.2) is 4.39 Å². The van der Waals surface area contributed by atoms with Crippen LogP contribution in [0.4, 0.5) is 10.1 Å². The Balaban J connectivity index is 1.93. The van der Waals surface area contributed by atoms with Gasteiger partial charge < -0.3 is 10.1 Å². The highest BCUT2D eigenvalue weighted by Crippen LogP contribution is 2.15. The van der Waals surface area contributed by atoms with Crippen molar-refractivity contribution in [3.63, 3.8) is 0 Å². The third-order valence-corrected chi connectivity index (χ3v) is 2.73. The Morgan fingerprint density at radius 1 is 1.14 bits per heavy atom. The Kier molecular flexibility index (Phi) is 5.10. The molecule has 0 aliphatic rings. The number of hydrogen-bond acceptors (Lipinski definition) is 2. The van der Waals surface area contributed by atoms with E-state index in [2.05, 4.69) is 5.32 Å². The van der Waals surface area contributed by atoms with Crippen LogP contribution in [0.1, 0.15) is 12.5 Å². The number of carbonyl (C=O) groups excluding carboxylic acids is 1. The van der Waals surface area contributed by atoms with Gasteiger partial charge >= 0.3 is 0 Å². The van der Waals surface area contributed by atoms with E-state index in [1.165, 1.54) is 18.2 Å². The minimum atomic E-state index is -0.300. The van der Waals surface area contributed by atoms with Gasteiger partial charge in [0, 0.05) is 11.8 Å². The fraction of sp³-hybridized carbons (Fsp3) is 0.118. The molecule has 0 spiro atoms. The maximum atomic E-state index is 12.7. The molecule has 108 valence electrons. The molecular formula is C17H16FNO2. The number of ether oxygens (including phenoxy) is 1. The second-order valence-electron chi connectivity index (χ2n) is 4.33. The van der Waals surface area contributed by atoms with Gasteiger partial charge in [0.05, 0.1) is 6.61 Å². The number of carbonyl (C=O) groups is 1. The Bertz CT molecular complexity index is 618. The van der Waals surface area contributed by atoms with Gasteiger partial charge in [-0.15, -0.1) is 0 Å². The van der Waals surface area contributed by atoms with E-state index in [-0.39, 0.29) is 11.7 Å². The van der Waals surface area contributed by atoms with Crippen molar-refractivity contribution in [3.8, 4) is 5.75 Å². The predicted molar refractivity (Wildman–Crippen MR) is 81.7 cm³/mol. The van der Waals surface area contributed by atoms with E-state index in [1.54, 1.807) is 42.5 Å². The largest absolute Gasteiger partial charge is 0.494 e. The van der Waals surface area contributed by atoms with E-state index in [1.807, 2.05) is 6.92 Å². The quantitative estimate of drug-likeness (QED) is 0.847. The average Bonchev–Trinajstić information content (AvgIpc) is 2.49. The summed E-state index contributed by atoms with van der Waals surface area (Å²) in [6.07, 6.45) is 3.03. The van der Waals surface area contributed by atoms with Crippen LogP contribution in [0.2, 0.25) is 0 Å². The van der Waals surface area contributed by atoms with Crippen LogP contribution in [0.25, 0.3) is 6.08 Å². The lowest BCUT2D eigenvalue weighted by atomic mass is 10.2. The maximum absolute atomic E-state index is 12.7. The predicted octanol–water partition coefficient (Wildman–Crippen LogP) is 3.88. The zero-order valence-electron chi connectivity index (χ0n) is 11.7. The van der Waals surface area contributed by atoms with Crippen LogP contribution in [0.5, 0.6) is 5.75 Å². The molecule has 0 saturated carbocycles. The molecule has 21 heavy (non-hydrogen) atoms. The number of amides is 1. The van der Waals surface area contributed by atoms with Gasteiger partial charge in [0.15, 0.2) is 0 Å². The van der Waals surface area contributed by atoms with Crippen molar-refractivity contribution in [1.82, 2.24) is 0 Å². The van der Waals surface area contributed by atoms with Gasteiger partial charge in [0.2, 0.25) is 5.91 Å². The molecular weight excluding hydrogens is 269 g/mol. The van der Waals surface area contributed by atoms with Crippen LogP contribution in [-0.2, 0) is 4.79 Å². The number of benzene rings is 2. The van der Waals surface area contributed by atoms with Crippen LogP contribution in [0.15, 0.2) is 54.6 Å². The van der Waals surface area contributed by atoms with E-state index in [9.17, 15) is 9.18 Å². The van der Waals surface area contributed by atoms with Crippen LogP contribution < -0.4 is 10.1 Å². The van der Waals surface area contributed by atoms with Gasteiger partial charge in [-0.2, -0.15) is 0 Å². The average molecular weight is 285 g/mol. The Hall–Kier alpha value is -2.62. The maximum Gasteiger partial charge on any atom is 0.248 e. The summed E-state index contributed by atoms with van der Waals surface area (Å²) >= 11 is 0. The third-order valence-electron chi connectivity index (χ3n) is 2.73. The van der Waals surface area contributed by atoms with E-state index in [4.69, 9.17) is 4.74 Å². The molecule has 0 bridgehead atoms. The normalized spacial score (nSPS) is 10.6. The van der Waals surface area contributed by atoms with Crippen LogP contribution in [-0.4, -0.2) is 12.5 Å². The molecule has 0 fully saturated rings. The van der Waals surface area contributed by atoms with Gasteiger partial charge in [0.1, 0.15) is 11.6 Å². The minimum absolute atomic E-state index is 0.247. The molecule has 0 saturated heterocycles. The van der Waals surface area contributed by atoms with Crippen molar-refractivity contribution in [2.45, 2.75) is 6.92 Å². The summed E-state index contributed by atoms with van der Waals surface area (Å²) in [6.45, 7) is 2.52. The Morgan fingerprint density at radius 3 is 2.43 bits per heavy atom. The summed E-state index contributed by atoms with van der Waals surface area (Å²) in [7, 11) is 0. The molecule has 2 rings (SSSR count). The molecule has 0 atom stereocenters. The summed E-state index contributed by atoms with van der Waals surface area (Å²) in [5.41, 5.74) is 1.45. The van der Waals surface area contributed by atoms with Crippen molar-refractivity contribution in [2.24, 2.45) is 0 Å². The smallest absolute Gasteiger partial charge is 0.248 e. The van der Waals surface area contributed by atoms with Crippen molar-refractivity contribution in [2.75, 3.05) is 11.9 Å². The molecule has 3 nitrogen and oxygen atoms in total. The Labute approximate surface area is 123 Å². The van der Waals surface area contributed by atoms with Crippen LogP contribution in [0.3, 0.4) is 0 Å². The lowest BCUT2D eigenvalue weighted by Crippen LogP contribution is -2.07. The van der Waals surface area contributed by atoms with Crippen molar-refractivity contribution in [1.29, 1.82) is 0 Å². The highest BCUT2D eigenvalue weighted by Gasteiger charge is 1.99. The summed E-state index contributed by atoms with van der Waals surface area (Å²) in [6, 6.07) is 13.1. The van der Waals surface area contributed by atoms with Crippen molar-refractivity contribution >= 4 is 17.7 Å². The number of rotatable bonds is 5.